The van der Waals surface area contributed by atoms with Crippen molar-refractivity contribution in [2.75, 3.05) is 0 Å². The van der Waals surface area contributed by atoms with Gasteiger partial charge in [0, 0.05) is 62.9 Å². The average molecular weight is 774 g/mol. The highest BCUT2D eigenvalue weighted by Crippen LogP contribution is 2.56. The van der Waals surface area contributed by atoms with E-state index < -0.39 is 5.41 Å². The Labute approximate surface area is 341 Å². The summed E-state index contributed by atoms with van der Waals surface area (Å²) in [5, 5.41) is 7.48. The van der Waals surface area contributed by atoms with Crippen LogP contribution in [0.3, 0.4) is 0 Å². The molecule has 0 bridgehead atoms. The standard InChI is InChI=1S/C53H31N3S2/c1-2-13-32(14-3-1)53(43-21-8-4-15-34(43)35-16-5-9-22-44(35)53)33-25-26-36-41-30-42-38-18-7-10-23-48(38)57-50(42)31-47(41)56(46(36)29-33)52-54-28-27-45(55-52)40-20-12-19-39-37-17-6-11-24-49(37)58-51(39)40/h1-31H. The van der Waals surface area contributed by atoms with Crippen molar-refractivity contribution in [3.05, 3.63) is 210 Å². The van der Waals surface area contributed by atoms with Crippen LogP contribution in [0.1, 0.15) is 22.3 Å². The quantitative estimate of drug-likeness (QED) is 0.178. The van der Waals surface area contributed by atoms with E-state index in [4.69, 9.17) is 9.97 Å². The fourth-order valence-electron chi connectivity index (χ4n) is 9.95. The summed E-state index contributed by atoms with van der Waals surface area (Å²) in [4.78, 5) is 10.6. The maximum Gasteiger partial charge on any atom is 0.235 e. The summed E-state index contributed by atoms with van der Waals surface area (Å²) in [6.07, 6.45) is 1.93. The molecule has 4 aromatic heterocycles. The molecular weight excluding hydrogens is 743 g/mol. The molecule has 0 radical (unpaired) electrons. The first kappa shape index (κ1) is 32.2. The zero-order valence-corrected chi connectivity index (χ0v) is 32.7. The number of hydrogen-bond donors (Lipinski definition) is 0. The van der Waals surface area contributed by atoms with Crippen molar-refractivity contribution in [3.8, 4) is 28.3 Å². The van der Waals surface area contributed by atoms with E-state index in [9.17, 15) is 0 Å². The molecule has 4 heterocycles. The molecule has 8 aromatic carbocycles. The van der Waals surface area contributed by atoms with E-state index in [1.54, 1.807) is 0 Å². The Morgan fingerprint density at radius 3 is 1.84 bits per heavy atom. The molecule has 0 unspecified atom stereocenters. The second kappa shape index (κ2) is 12.0. The average Bonchev–Trinajstić information content (AvgIpc) is 4.02. The predicted molar refractivity (Wildman–Crippen MR) is 245 cm³/mol. The fourth-order valence-corrected chi connectivity index (χ4v) is 12.3. The first-order valence-corrected chi connectivity index (χ1v) is 21.3. The highest BCUT2D eigenvalue weighted by Gasteiger charge is 2.46. The normalized spacial score (nSPS) is 13.3. The molecule has 58 heavy (non-hydrogen) atoms. The highest BCUT2D eigenvalue weighted by molar-refractivity contribution is 7.26. The molecule has 0 saturated heterocycles. The van der Waals surface area contributed by atoms with Gasteiger partial charge in [-0.05, 0) is 69.8 Å². The number of thiophene rings is 2. The van der Waals surface area contributed by atoms with E-state index in [0.717, 1.165) is 22.3 Å². The van der Waals surface area contributed by atoms with Crippen molar-refractivity contribution in [3.63, 3.8) is 0 Å². The minimum absolute atomic E-state index is 0.528. The van der Waals surface area contributed by atoms with Gasteiger partial charge in [0.2, 0.25) is 5.95 Å². The third kappa shape index (κ3) is 4.32. The molecule has 12 aromatic rings. The number of hydrogen-bond acceptors (Lipinski definition) is 4. The Hall–Kier alpha value is -6.92. The Kier molecular flexibility index (Phi) is 6.69. The number of aromatic nitrogens is 3. The highest BCUT2D eigenvalue weighted by atomic mass is 32.1. The lowest BCUT2D eigenvalue weighted by atomic mass is 9.67. The van der Waals surface area contributed by atoms with Gasteiger partial charge in [0.25, 0.3) is 0 Å². The van der Waals surface area contributed by atoms with E-state index >= 15 is 0 Å². The molecule has 13 rings (SSSR count). The summed E-state index contributed by atoms with van der Waals surface area (Å²) >= 11 is 3.68. The van der Waals surface area contributed by atoms with Crippen LogP contribution in [-0.2, 0) is 5.41 Å². The number of nitrogens with zero attached hydrogens (tertiary/aromatic N) is 3. The van der Waals surface area contributed by atoms with Gasteiger partial charge in [-0.3, -0.25) is 4.57 Å². The fraction of sp³-hybridized carbons (Fsp3) is 0.0189. The second-order valence-electron chi connectivity index (χ2n) is 15.3. The molecule has 3 nitrogen and oxygen atoms in total. The molecule has 5 heteroatoms. The topological polar surface area (TPSA) is 30.7 Å². The van der Waals surface area contributed by atoms with Crippen molar-refractivity contribution >= 4 is 84.8 Å². The van der Waals surface area contributed by atoms with Crippen molar-refractivity contribution < 1.29 is 0 Å². The van der Waals surface area contributed by atoms with Crippen molar-refractivity contribution in [2.24, 2.45) is 0 Å². The van der Waals surface area contributed by atoms with E-state index in [1.807, 2.05) is 28.9 Å². The monoisotopic (exact) mass is 773 g/mol. The van der Waals surface area contributed by atoms with E-state index in [-0.39, 0.29) is 0 Å². The van der Waals surface area contributed by atoms with Gasteiger partial charge >= 0.3 is 0 Å². The van der Waals surface area contributed by atoms with Crippen LogP contribution < -0.4 is 0 Å². The lowest BCUT2D eigenvalue weighted by molar-refractivity contribution is 0.769. The summed E-state index contributed by atoms with van der Waals surface area (Å²) in [5.41, 5.74) is 11.3. The van der Waals surface area contributed by atoms with Gasteiger partial charge in [-0.2, -0.15) is 0 Å². The Bertz CT molecular complexity index is 3600. The maximum absolute atomic E-state index is 5.47. The predicted octanol–water partition coefficient (Wildman–Crippen LogP) is 14.3. The first-order valence-electron chi connectivity index (χ1n) is 19.6. The first-order chi connectivity index (χ1) is 28.8. The van der Waals surface area contributed by atoms with Gasteiger partial charge in [-0.25, -0.2) is 9.97 Å². The molecule has 0 atom stereocenters. The molecule has 0 spiro atoms. The van der Waals surface area contributed by atoms with Crippen LogP contribution >= 0.6 is 22.7 Å². The molecule has 1 aliphatic carbocycles. The molecule has 0 amide bonds. The molecular formula is C53H31N3S2. The Morgan fingerprint density at radius 2 is 1.05 bits per heavy atom. The van der Waals surface area contributed by atoms with Crippen LogP contribution in [0.2, 0.25) is 0 Å². The minimum Gasteiger partial charge on any atom is -0.278 e. The number of benzene rings is 8. The summed E-state index contributed by atoms with van der Waals surface area (Å²) < 4.78 is 7.39. The zero-order chi connectivity index (χ0) is 38.0. The summed E-state index contributed by atoms with van der Waals surface area (Å²) in [6, 6.07) is 66.9. The Morgan fingerprint density at radius 1 is 0.414 bits per heavy atom. The molecule has 0 saturated carbocycles. The van der Waals surface area contributed by atoms with E-state index in [0.29, 0.717) is 5.95 Å². The van der Waals surface area contributed by atoms with Crippen LogP contribution in [0.5, 0.6) is 0 Å². The SMILES string of the molecule is c1ccc(C2(c3ccc4c5cc6c(cc5n(-c5nccc(-c7cccc8c7sc7ccccc78)n5)c4c3)sc3ccccc36)c3ccccc3-c3ccccc32)cc1. The van der Waals surface area contributed by atoms with Crippen molar-refractivity contribution in [1.82, 2.24) is 14.5 Å². The molecule has 1 aliphatic rings. The summed E-state index contributed by atoms with van der Waals surface area (Å²) in [7, 11) is 0. The minimum atomic E-state index is -0.528. The van der Waals surface area contributed by atoms with Gasteiger partial charge < -0.3 is 0 Å². The third-order valence-corrected chi connectivity index (χ3v) is 14.7. The Balaban J connectivity index is 1.13. The lowest BCUT2D eigenvalue weighted by Gasteiger charge is -2.34. The van der Waals surface area contributed by atoms with Gasteiger partial charge in [0.1, 0.15) is 0 Å². The van der Waals surface area contributed by atoms with Gasteiger partial charge in [-0.1, -0.05) is 146 Å². The van der Waals surface area contributed by atoms with Crippen molar-refractivity contribution in [1.29, 1.82) is 0 Å². The van der Waals surface area contributed by atoms with E-state index in [2.05, 4.69) is 187 Å². The van der Waals surface area contributed by atoms with Crippen LogP contribution in [0.15, 0.2) is 188 Å². The largest absolute Gasteiger partial charge is 0.278 e. The number of rotatable bonds is 4. The molecule has 0 fully saturated rings. The second-order valence-corrected chi connectivity index (χ2v) is 17.4. The molecule has 0 N–H and O–H groups in total. The van der Waals surface area contributed by atoms with Crippen LogP contribution in [0.25, 0.3) is 90.5 Å². The van der Waals surface area contributed by atoms with Crippen LogP contribution in [-0.4, -0.2) is 14.5 Å². The van der Waals surface area contributed by atoms with Gasteiger partial charge in [-0.15, -0.1) is 22.7 Å². The number of fused-ring (bicyclic) bond motifs is 12. The maximum atomic E-state index is 5.47. The molecule has 0 aliphatic heterocycles. The lowest BCUT2D eigenvalue weighted by Crippen LogP contribution is -2.28. The van der Waals surface area contributed by atoms with Gasteiger partial charge in [0.05, 0.1) is 22.1 Å². The van der Waals surface area contributed by atoms with Gasteiger partial charge in [0.15, 0.2) is 0 Å². The molecule has 270 valence electrons. The van der Waals surface area contributed by atoms with Crippen molar-refractivity contribution in [2.45, 2.75) is 5.41 Å². The van der Waals surface area contributed by atoms with Crippen LogP contribution in [0, 0.1) is 0 Å². The smallest absolute Gasteiger partial charge is 0.235 e. The summed E-state index contributed by atoms with van der Waals surface area (Å²) in [5.74, 6) is 0.661. The van der Waals surface area contributed by atoms with E-state index in [1.165, 1.54) is 84.5 Å². The van der Waals surface area contributed by atoms with Crippen LogP contribution in [0.4, 0.5) is 0 Å². The third-order valence-electron chi connectivity index (χ3n) is 12.4. The zero-order valence-electron chi connectivity index (χ0n) is 31.1. The summed E-state index contributed by atoms with van der Waals surface area (Å²) in [6.45, 7) is 0.